The van der Waals surface area contributed by atoms with Crippen molar-refractivity contribution in [1.82, 2.24) is 20.2 Å². The normalized spacial score (nSPS) is 17.2. The van der Waals surface area contributed by atoms with E-state index in [2.05, 4.69) is 15.3 Å². The molecule has 0 saturated carbocycles. The smallest absolute Gasteiger partial charge is 0.317 e. The molecule has 0 radical (unpaired) electrons. The monoisotopic (exact) mass is 368 g/mol. The first-order chi connectivity index (χ1) is 13.2. The summed E-state index contributed by atoms with van der Waals surface area (Å²) < 4.78 is 19.6. The summed E-state index contributed by atoms with van der Waals surface area (Å²) in [6.07, 6.45) is 0.169. The van der Waals surface area contributed by atoms with Crippen LogP contribution < -0.4 is 5.32 Å². The Morgan fingerprint density at radius 2 is 2.07 bits per heavy atom. The van der Waals surface area contributed by atoms with Crippen molar-refractivity contribution >= 4 is 17.1 Å². The number of urea groups is 1. The molecule has 1 saturated heterocycles. The summed E-state index contributed by atoms with van der Waals surface area (Å²) in [5, 5.41) is 2.91. The first kappa shape index (κ1) is 17.5. The number of hydrogen-bond acceptors (Lipinski definition) is 3. The summed E-state index contributed by atoms with van der Waals surface area (Å²) in [4.78, 5) is 21.9. The van der Waals surface area contributed by atoms with Crippen molar-refractivity contribution in [2.45, 2.75) is 12.5 Å². The fraction of sp³-hybridized carbons (Fsp3) is 0.300. The number of rotatable bonds is 4. The number of nitrogens with one attached hydrogen (secondary N) is 2. The summed E-state index contributed by atoms with van der Waals surface area (Å²) in [5.41, 5.74) is 2.39. The van der Waals surface area contributed by atoms with E-state index in [9.17, 15) is 9.18 Å². The third-order valence-corrected chi connectivity index (χ3v) is 4.68. The molecule has 2 amide bonds. The van der Waals surface area contributed by atoms with E-state index in [-0.39, 0.29) is 11.8 Å². The average molecular weight is 368 g/mol. The number of imidazole rings is 1. The molecule has 2 heterocycles. The Labute approximate surface area is 156 Å². The molecule has 6 nitrogen and oxygen atoms in total. The first-order valence-electron chi connectivity index (χ1n) is 9.03. The van der Waals surface area contributed by atoms with Gasteiger partial charge in [-0.25, -0.2) is 14.2 Å². The summed E-state index contributed by atoms with van der Waals surface area (Å²) in [7, 11) is 0. The second-order valence-electron chi connectivity index (χ2n) is 6.51. The molecule has 0 bridgehead atoms. The number of halogens is 1. The topological polar surface area (TPSA) is 70.2 Å². The lowest BCUT2D eigenvalue weighted by Crippen LogP contribution is -2.47. The largest absolute Gasteiger partial charge is 0.370 e. The second kappa shape index (κ2) is 7.75. The van der Waals surface area contributed by atoms with Crippen LogP contribution >= 0.6 is 0 Å². The molecule has 140 valence electrons. The molecule has 27 heavy (non-hydrogen) atoms. The Balaban J connectivity index is 1.32. The number of H-pyrrole nitrogens is 1. The average Bonchev–Trinajstić information content (AvgIpc) is 3.11. The molecule has 4 rings (SSSR count). The highest BCUT2D eigenvalue weighted by Gasteiger charge is 2.26. The zero-order valence-electron chi connectivity index (χ0n) is 14.8. The zero-order valence-corrected chi connectivity index (χ0v) is 14.8. The Kier molecular flexibility index (Phi) is 5.02. The van der Waals surface area contributed by atoms with Crippen molar-refractivity contribution in [2.75, 3.05) is 26.2 Å². The number of hydrogen-bond donors (Lipinski definition) is 2. The number of aromatic amines is 1. The van der Waals surface area contributed by atoms with Gasteiger partial charge in [-0.2, -0.15) is 0 Å². The molecular formula is C20H21FN4O2. The van der Waals surface area contributed by atoms with Crippen LogP contribution in [0.5, 0.6) is 0 Å². The number of carbonyl (C=O) groups is 1. The number of ether oxygens (including phenoxy) is 1. The molecule has 7 heteroatoms. The molecule has 3 aromatic rings. The highest BCUT2D eigenvalue weighted by molar-refractivity contribution is 5.75. The van der Waals surface area contributed by atoms with E-state index < -0.39 is 6.10 Å². The van der Waals surface area contributed by atoms with E-state index in [1.807, 2.05) is 24.3 Å². The quantitative estimate of drug-likeness (QED) is 0.744. The van der Waals surface area contributed by atoms with Gasteiger partial charge in [0.15, 0.2) is 0 Å². The number of fused-ring (bicyclic) bond motifs is 1. The molecule has 1 aliphatic heterocycles. The fourth-order valence-corrected chi connectivity index (χ4v) is 3.28. The Bertz CT molecular complexity index is 909. The first-order valence-corrected chi connectivity index (χ1v) is 9.03. The second-order valence-corrected chi connectivity index (χ2v) is 6.51. The maximum atomic E-state index is 14.0. The third kappa shape index (κ3) is 3.93. The minimum atomic E-state index is -0.443. The minimum Gasteiger partial charge on any atom is -0.370 e. The van der Waals surface area contributed by atoms with Gasteiger partial charge >= 0.3 is 6.03 Å². The van der Waals surface area contributed by atoms with Crippen LogP contribution in [0.25, 0.3) is 11.0 Å². The van der Waals surface area contributed by atoms with Crippen LogP contribution in [0.2, 0.25) is 0 Å². The molecule has 1 aliphatic rings. The van der Waals surface area contributed by atoms with Crippen molar-refractivity contribution < 1.29 is 13.9 Å². The predicted molar refractivity (Wildman–Crippen MR) is 99.9 cm³/mol. The maximum Gasteiger partial charge on any atom is 0.317 e. The van der Waals surface area contributed by atoms with Crippen molar-refractivity contribution in [1.29, 1.82) is 0 Å². The van der Waals surface area contributed by atoms with E-state index in [0.717, 1.165) is 16.9 Å². The molecule has 2 aromatic carbocycles. The number of amides is 2. The molecule has 1 aromatic heterocycles. The van der Waals surface area contributed by atoms with E-state index in [0.29, 0.717) is 38.2 Å². The van der Waals surface area contributed by atoms with Gasteiger partial charge in [0.1, 0.15) is 17.7 Å². The van der Waals surface area contributed by atoms with Crippen LogP contribution in [-0.2, 0) is 11.2 Å². The van der Waals surface area contributed by atoms with E-state index in [1.54, 1.807) is 23.1 Å². The molecule has 2 N–H and O–H groups in total. The van der Waals surface area contributed by atoms with Gasteiger partial charge in [0.25, 0.3) is 0 Å². The Morgan fingerprint density at radius 1 is 1.26 bits per heavy atom. The standard InChI is InChI=1S/C20H21FN4O2/c21-15-6-2-1-5-14(15)18-13-25(11-12-27-18)20(26)22-10-9-19-23-16-7-3-4-8-17(16)24-19/h1-8,18H,9-13H2,(H,22,26)(H,23,24). The highest BCUT2D eigenvalue weighted by atomic mass is 19.1. The van der Waals surface area contributed by atoms with E-state index in [1.165, 1.54) is 6.07 Å². The van der Waals surface area contributed by atoms with Gasteiger partial charge < -0.3 is 19.9 Å². The van der Waals surface area contributed by atoms with Gasteiger partial charge in [-0.15, -0.1) is 0 Å². The van der Waals surface area contributed by atoms with Crippen LogP contribution in [0.3, 0.4) is 0 Å². The lowest BCUT2D eigenvalue weighted by molar-refractivity contribution is -0.0171. The summed E-state index contributed by atoms with van der Waals surface area (Å²) in [6, 6.07) is 14.2. The predicted octanol–water partition coefficient (Wildman–Crippen LogP) is 3.03. The zero-order chi connectivity index (χ0) is 18.6. The van der Waals surface area contributed by atoms with Crippen LogP contribution in [0.4, 0.5) is 9.18 Å². The van der Waals surface area contributed by atoms with E-state index in [4.69, 9.17) is 4.74 Å². The number of nitrogens with zero attached hydrogens (tertiary/aromatic N) is 2. The summed E-state index contributed by atoms with van der Waals surface area (Å²) in [6.45, 7) is 1.68. The van der Waals surface area contributed by atoms with Gasteiger partial charge in [0, 0.05) is 25.1 Å². The Hall–Kier alpha value is -2.93. The van der Waals surface area contributed by atoms with Gasteiger partial charge in [-0.1, -0.05) is 30.3 Å². The molecule has 1 atom stereocenters. The van der Waals surface area contributed by atoms with Crippen molar-refractivity contribution in [2.24, 2.45) is 0 Å². The van der Waals surface area contributed by atoms with Crippen molar-refractivity contribution in [3.8, 4) is 0 Å². The summed E-state index contributed by atoms with van der Waals surface area (Å²) in [5.74, 6) is 0.525. The molecule has 0 spiro atoms. The van der Waals surface area contributed by atoms with Gasteiger partial charge in [-0.05, 0) is 18.2 Å². The molecular weight excluding hydrogens is 347 g/mol. The number of para-hydroxylation sites is 2. The lowest BCUT2D eigenvalue weighted by Gasteiger charge is -2.33. The molecule has 1 unspecified atom stereocenters. The minimum absolute atomic E-state index is 0.171. The van der Waals surface area contributed by atoms with Crippen LogP contribution in [-0.4, -0.2) is 47.1 Å². The van der Waals surface area contributed by atoms with Crippen molar-refractivity contribution in [3.05, 3.63) is 65.7 Å². The molecule has 0 aliphatic carbocycles. The van der Waals surface area contributed by atoms with Gasteiger partial charge in [-0.3, -0.25) is 0 Å². The van der Waals surface area contributed by atoms with Crippen LogP contribution in [0, 0.1) is 5.82 Å². The van der Waals surface area contributed by atoms with Crippen LogP contribution in [0.15, 0.2) is 48.5 Å². The number of morpholine rings is 1. The Morgan fingerprint density at radius 3 is 2.93 bits per heavy atom. The number of aromatic nitrogens is 2. The lowest BCUT2D eigenvalue weighted by atomic mass is 10.1. The van der Waals surface area contributed by atoms with Gasteiger partial charge in [0.2, 0.25) is 0 Å². The van der Waals surface area contributed by atoms with E-state index >= 15 is 0 Å². The van der Waals surface area contributed by atoms with Gasteiger partial charge in [0.05, 0.1) is 24.2 Å². The van der Waals surface area contributed by atoms with Crippen LogP contribution in [0.1, 0.15) is 17.5 Å². The molecule has 1 fully saturated rings. The fourth-order valence-electron chi connectivity index (χ4n) is 3.28. The SMILES string of the molecule is O=C(NCCc1nc2ccccc2[nH]1)N1CCOC(c2ccccc2F)C1. The third-order valence-electron chi connectivity index (χ3n) is 4.68. The number of benzene rings is 2. The van der Waals surface area contributed by atoms with Crippen molar-refractivity contribution in [3.63, 3.8) is 0 Å². The number of carbonyl (C=O) groups excluding carboxylic acids is 1. The summed E-state index contributed by atoms with van der Waals surface area (Å²) >= 11 is 0. The highest BCUT2D eigenvalue weighted by Crippen LogP contribution is 2.24. The maximum absolute atomic E-state index is 14.0.